The molecule has 0 radical (unpaired) electrons. The van der Waals surface area contributed by atoms with E-state index in [2.05, 4.69) is 15.3 Å². The molecule has 2 heterocycles. The number of aromatic nitrogens is 2. The van der Waals surface area contributed by atoms with Crippen molar-refractivity contribution in [1.29, 1.82) is 0 Å². The number of hydrogen-bond donors (Lipinski definition) is 3. The summed E-state index contributed by atoms with van der Waals surface area (Å²) in [4.78, 5) is 35.0. The second-order valence-electron chi connectivity index (χ2n) is 5.94. The standard InChI is InChI=1S/C15H23N7O2/c1-21(2)6-3-4-12(23)22-7-5-10(9-22)19-15-18-8-11(14(17)24)13(16)20-15/h3-4,8,10H,5-7,9H2,1-2H3,(H2,17,24)(H3,16,18,19,20)/b4-3+. The van der Waals surface area contributed by atoms with Crippen LogP contribution in [0.4, 0.5) is 11.8 Å². The van der Waals surface area contributed by atoms with E-state index in [1.165, 1.54) is 6.20 Å². The molecule has 0 aliphatic carbocycles. The molecule has 1 aromatic rings. The van der Waals surface area contributed by atoms with E-state index in [1.54, 1.807) is 11.0 Å². The lowest BCUT2D eigenvalue weighted by Crippen LogP contribution is -2.31. The number of rotatable bonds is 6. The lowest BCUT2D eigenvalue weighted by Gasteiger charge is -2.16. The first-order valence-corrected chi connectivity index (χ1v) is 7.66. The van der Waals surface area contributed by atoms with Crippen molar-refractivity contribution in [2.45, 2.75) is 12.5 Å². The van der Waals surface area contributed by atoms with Gasteiger partial charge in [-0.25, -0.2) is 4.98 Å². The van der Waals surface area contributed by atoms with E-state index in [4.69, 9.17) is 11.5 Å². The molecule has 1 aliphatic heterocycles. The smallest absolute Gasteiger partial charge is 0.254 e. The minimum Gasteiger partial charge on any atom is -0.383 e. The number of nitrogens with one attached hydrogen (secondary N) is 1. The Hall–Kier alpha value is -2.68. The van der Waals surface area contributed by atoms with Gasteiger partial charge in [0.2, 0.25) is 11.9 Å². The first kappa shape index (κ1) is 17.7. The number of nitrogens with zero attached hydrogens (tertiary/aromatic N) is 4. The minimum atomic E-state index is -0.666. The number of nitrogens with two attached hydrogens (primary N) is 2. The zero-order valence-electron chi connectivity index (χ0n) is 13.9. The van der Waals surface area contributed by atoms with E-state index >= 15 is 0 Å². The maximum atomic E-state index is 12.1. The van der Waals surface area contributed by atoms with Crippen molar-refractivity contribution in [1.82, 2.24) is 19.8 Å². The quantitative estimate of drug-likeness (QED) is 0.586. The highest BCUT2D eigenvalue weighted by molar-refractivity contribution is 5.96. The molecule has 5 N–H and O–H groups in total. The van der Waals surface area contributed by atoms with Crippen molar-refractivity contribution in [2.75, 3.05) is 44.8 Å². The Kier molecular flexibility index (Phi) is 5.69. The summed E-state index contributed by atoms with van der Waals surface area (Å²) >= 11 is 0. The molecule has 1 aliphatic rings. The number of carbonyl (C=O) groups excluding carboxylic acids is 2. The van der Waals surface area contributed by atoms with Gasteiger partial charge in [-0.15, -0.1) is 0 Å². The zero-order valence-corrected chi connectivity index (χ0v) is 13.9. The number of amides is 2. The second-order valence-corrected chi connectivity index (χ2v) is 5.94. The van der Waals surface area contributed by atoms with Crippen molar-refractivity contribution in [3.8, 4) is 0 Å². The summed E-state index contributed by atoms with van der Waals surface area (Å²) in [5.74, 6) is -0.315. The first-order chi connectivity index (χ1) is 11.4. The third-order valence-electron chi connectivity index (χ3n) is 3.65. The molecule has 2 amide bonds. The van der Waals surface area contributed by atoms with Crippen molar-refractivity contribution in [2.24, 2.45) is 5.73 Å². The van der Waals surface area contributed by atoms with E-state index in [-0.39, 0.29) is 23.3 Å². The third-order valence-corrected chi connectivity index (χ3v) is 3.65. The Morgan fingerprint density at radius 1 is 1.50 bits per heavy atom. The maximum Gasteiger partial charge on any atom is 0.254 e. The highest BCUT2D eigenvalue weighted by atomic mass is 16.2. The predicted molar refractivity (Wildman–Crippen MR) is 91.3 cm³/mol. The van der Waals surface area contributed by atoms with Gasteiger partial charge in [-0.3, -0.25) is 9.59 Å². The average molecular weight is 333 g/mol. The van der Waals surface area contributed by atoms with Crippen LogP contribution in [0.15, 0.2) is 18.3 Å². The summed E-state index contributed by atoms with van der Waals surface area (Å²) in [6.07, 6.45) is 5.52. The Morgan fingerprint density at radius 3 is 2.88 bits per heavy atom. The fourth-order valence-corrected chi connectivity index (χ4v) is 2.38. The van der Waals surface area contributed by atoms with Crippen LogP contribution in [0.25, 0.3) is 0 Å². The van der Waals surface area contributed by atoms with E-state index in [0.29, 0.717) is 19.0 Å². The van der Waals surface area contributed by atoms with Crippen LogP contribution in [0.5, 0.6) is 0 Å². The zero-order chi connectivity index (χ0) is 17.7. The fourth-order valence-electron chi connectivity index (χ4n) is 2.38. The highest BCUT2D eigenvalue weighted by Crippen LogP contribution is 2.15. The summed E-state index contributed by atoms with van der Waals surface area (Å²) in [7, 11) is 3.89. The largest absolute Gasteiger partial charge is 0.383 e. The van der Waals surface area contributed by atoms with Gasteiger partial charge in [-0.05, 0) is 20.5 Å². The Morgan fingerprint density at radius 2 is 2.25 bits per heavy atom. The van der Waals surface area contributed by atoms with Crippen LogP contribution in [-0.2, 0) is 4.79 Å². The summed E-state index contributed by atoms with van der Waals surface area (Å²) in [5.41, 5.74) is 10.9. The number of likely N-dealkylation sites (N-methyl/N-ethyl adjacent to an activating group) is 1. The minimum absolute atomic E-state index is 0.00865. The normalized spacial score (nSPS) is 17.6. The van der Waals surface area contributed by atoms with Crippen LogP contribution in [0, 0.1) is 0 Å². The SMILES string of the molecule is CN(C)C/C=C/C(=O)N1CCC(Nc2ncc(C(N)=O)c(N)n2)C1. The number of nitrogen functional groups attached to an aromatic ring is 1. The van der Waals surface area contributed by atoms with Crippen molar-refractivity contribution >= 4 is 23.6 Å². The number of carbonyl (C=O) groups is 2. The van der Waals surface area contributed by atoms with Gasteiger partial charge < -0.3 is 26.6 Å². The molecule has 130 valence electrons. The molecule has 0 bridgehead atoms. The molecular formula is C15H23N7O2. The Balaban J connectivity index is 1.90. The first-order valence-electron chi connectivity index (χ1n) is 7.66. The monoisotopic (exact) mass is 333 g/mol. The number of likely N-dealkylation sites (tertiary alicyclic amines) is 1. The van der Waals surface area contributed by atoms with Crippen molar-refractivity contribution in [3.05, 3.63) is 23.9 Å². The van der Waals surface area contributed by atoms with Gasteiger partial charge in [0.1, 0.15) is 5.82 Å². The molecule has 0 spiro atoms. The van der Waals surface area contributed by atoms with Crippen LogP contribution < -0.4 is 16.8 Å². The third kappa shape index (κ3) is 4.66. The molecule has 2 rings (SSSR count). The second kappa shape index (κ2) is 7.73. The van der Waals surface area contributed by atoms with Gasteiger partial charge in [0.25, 0.3) is 5.91 Å². The molecule has 1 atom stereocenters. The average Bonchev–Trinajstić information content (AvgIpc) is 2.95. The van der Waals surface area contributed by atoms with Crippen LogP contribution in [0.1, 0.15) is 16.8 Å². The van der Waals surface area contributed by atoms with Crippen LogP contribution >= 0.6 is 0 Å². The number of primary amides is 1. The van der Waals surface area contributed by atoms with Crippen molar-refractivity contribution in [3.63, 3.8) is 0 Å². The summed E-state index contributed by atoms with van der Waals surface area (Å²) in [5, 5.41) is 3.13. The molecule has 1 saturated heterocycles. The predicted octanol–water partition coefficient (Wildman–Crippen LogP) is -0.712. The topological polar surface area (TPSA) is 130 Å². The fraction of sp³-hybridized carbons (Fsp3) is 0.467. The van der Waals surface area contributed by atoms with Gasteiger partial charge in [-0.1, -0.05) is 6.08 Å². The van der Waals surface area contributed by atoms with Crippen LogP contribution in [0.3, 0.4) is 0 Å². The van der Waals surface area contributed by atoms with Gasteiger partial charge >= 0.3 is 0 Å². The number of anilines is 2. The summed E-state index contributed by atoms with van der Waals surface area (Å²) in [6, 6.07) is 0.0371. The number of hydrogen-bond acceptors (Lipinski definition) is 7. The van der Waals surface area contributed by atoms with Crippen LogP contribution in [0.2, 0.25) is 0 Å². The maximum absolute atomic E-state index is 12.1. The van der Waals surface area contributed by atoms with Crippen molar-refractivity contribution < 1.29 is 9.59 Å². The molecule has 0 saturated carbocycles. The molecule has 1 unspecified atom stereocenters. The van der Waals surface area contributed by atoms with Gasteiger partial charge in [-0.2, -0.15) is 4.98 Å². The highest BCUT2D eigenvalue weighted by Gasteiger charge is 2.25. The molecule has 1 fully saturated rings. The molecule has 9 nitrogen and oxygen atoms in total. The molecule has 0 aromatic carbocycles. The molecule has 1 aromatic heterocycles. The molecule has 9 heteroatoms. The lowest BCUT2D eigenvalue weighted by molar-refractivity contribution is -0.125. The van der Waals surface area contributed by atoms with Crippen LogP contribution in [-0.4, -0.2) is 71.4 Å². The van der Waals surface area contributed by atoms with E-state index in [9.17, 15) is 9.59 Å². The lowest BCUT2D eigenvalue weighted by atomic mass is 10.2. The summed E-state index contributed by atoms with van der Waals surface area (Å²) < 4.78 is 0. The Bertz CT molecular complexity index is 645. The van der Waals surface area contributed by atoms with E-state index < -0.39 is 5.91 Å². The van der Waals surface area contributed by atoms with E-state index in [1.807, 2.05) is 25.1 Å². The van der Waals surface area contributed by atoms with Gasteiger partial charge in [0, 0.05) is 37.9 Å². The molecule has 24 heavy (non-hydrogen) atoms. The van der Waals surface area contributed by atoms with Gasteiger partial charge in [0.05, 0.1) is 5.56 Å². The summed E-state index contributed by atoms with van der Waals surface area (Å²) in [6.45, 7) is 1.95. The Labute approximate surface area is 140 Å². The van der Waals surface area contributed by atoms with Gasteiger partial charge in [0.15, 0.2) is 0 Å². The molecular weight excluding hydrogens is 310 g/mol. The van der Waals surface area contributed by atoms with E-state index in [0.717, 1.165) is 13.0 Å².